The number of para-hydroxylation sites is 1. The number of anilines is 1. The molecule has 0 unspecified atom stereocenters. The number of nitrogens with zero attached hydrogens (tertiary/aromatic N) is 2. The van der Waals surface area contributed by atoms with Gasteiger partial charge >= 0.3 is 0 Å². The van der Waals surface area contributed by atoms with Gasteiger partial charge < -0.3 is 20.0 Å². The summed E-state index contributed by atoms with van der Waals surface area (Å²) in [5.41, 5.74) is 4.40. The van der Waals surface area contributed by atoms with Gasteiger partial charge in [-0.15, -0.1) is 0 Å². The number of rotatable bonds is 8. The Bertz CT molecular complexity index is 1360. The first kappa shape index (κ1) is 20.5. The van der Waals surface area contributed by atoms with Gasteiger partial charge in [-0.05, 0) is 53.9 Å². The lowest BCUT2D eigenvalue weighted by atomic mass is 10.1. The summed E-state index contributed by atoms with van der Waals surface area (Å²) in [5.74, 6) is 0.963. The standard InChI is InChI=1S/C26H23N5O2/c32-26(28-13-11-19-17-29-22-7-2-1-6-20(19)22)21-9-10-23(24-8-4-14-33-24)31-25(21)30-16-18-5-3-12-27-15-18/h1-10,12,14-15,17,29H,11,13,16H2,(H,28,32)(H,30,31). The molecule has 1 amide bonds. The number of benzene rings is 1. The summed E-state index contributed by atoms with van der Waals surface area (Å²) in [6.07, 6.45) is 7.84. The molecule has 4 heterocycles. The lowest BCUT2D eigenvalue weighted by Gasteiger charge is -2.13. The van der Waals surface area contributed by atoms with Crippen molar-refractivity contribution in [1.82, 2.24) is 20.3 Å². The van der Waals surface area contributed by atoms with E-state index in [4.69, 9.17) is 4.42 Å². The molecular formula is C26H23N5O2. The summed E-state index contributed by atoms with van der Waals surface area (Å²) < 4.78 is 5.48. The van der Waals surface area contributed by atoms with E-state index in [-0.39, 0.29) is 5.91 Å². The smallest absolute Gasteiger partial charge is 0.255 e. The van der Waals surface area contributed by atoms with E-state index in [2.05, 4.69) is 31.7 Å². The molecular weight excluding hydrogens is 414 g/mol. The van der Waals surface area contributed by atoms with Crippen LogP contribution in [0.3, 0.4) is 0 Å². The van der Waals surface area contributed by atoms with Gasteiger partial charge in [0.25, 0.3) is 5.91 Å². The van der Waals surface area contributed by atoms with Crippen molar-refractivity contribution in [2.75, 3.05) is 11.9 Å². The van der Waals surface area contributed by atoms with Crippen molar-refractivity contribution in [3.63, 3.8) is 0 Å². The minimum atomic E-state index is -0.179. The second-order valence-corrected chi connectivity index (χ2v) is 7.65. The predicted molar refractivity (Wildman–Crippen MR) is 128 cm³/mol. The van der Waals surface area contributed by atoms with Crippen molar-refractivity contribution < 1.29 is 9.21 Å². The number of furan rings is 1. The SMILES string of the molecule is O=C(NCCc1c[nH]c2ccccc12)c1ccc(-c2ccco2)nc1NCc1cccnc1. The van der Waals surface area contributed by atoms with Gasteiger partial charge in [0.1, 0.15) is 11.5 Å². The van der Waals surface area contributed by atoms with Crippen molar-refractivity contribution >= 4 is 22.6 Å². The number of H-pyrrole nitrogens is 1. The van der Waals surface area contributed by atoms with E-state index in [1.807, 2.05) is 48.7 Å². The molecule has 33 heavy (non-hydrogen) atoms. The van der Waals surface area contributed by atoms with Crippen LogP contribution in [0.15, 0.2) is 89.9 Å². The van der Waals surface area contributed by atoms with Crippen LogP contribution in [-0.4, -0.2) is 27.4 Å². The molecule has 3 N–H and O–H groups in total. The Hall–Kier alpha value is -4.39. The fraction of sp³-hybridized carbons (Fsp3) is 0.115. The van der Waals surface area contributed by atoms with Gasteiger partial charge in [0, 0.05) is 42.6 Å². The molecule has 1 aromatic carbocycles. The van der Waals surface area contributed by atoms with Crippen LogP contribution in [0.25, 0.3) is 22.4 Å². The Labute approximate surface area is 190 Å². The van der Waals surface area contributed by atoms with Gasteiger partial charge in [0.05, 0.1) is 11.8 Å². The molecule has 7 heteroatoms. The molecule has 5 rings (SSSR count). The van der Waals surface area contributed by atoms with E-state index in [0.29, 0.717) is 35.9 Å². The van der Waals surface area contributed by atoms with Crippen LogP contribution < -0.4 is 10.6 Å². The zero-order valence-corrected chi connectivity index (χ0v) is 17.9. The van der Waals surface area contributed by atoms with Crippen molar-refractivity contribution in [3.8, 4) is 11.5 Å². The van der Waals surface area contributed by atoms with Gasteiger partial charge in [0.15, 0.2) is 5.76 Å². The maximum absolute atomic E-state index is 13.0. The Kier molecular flexibility index (Phi) is 5.84. The third-order valence-corrected chi connectivity index (χ3v) is 5.45. The highest BCUT2D eigenvalue weighted by Crippen LogP contribution is 2.23. The molecule has 0 radical (unpaired) electrons. The second kappa shape index (κ2) is 9.40. The number of carbonyl (C=O) groups excluding carboxylic acids is 1. The summed E-state index contributed by atoms with van der Waals surface area (Å²) in [6.45, 7) is 1.01. The largest absolute Gasteiger partial charge is 0.463 e. The van der Waals surface area contributed by atoms with E-state index in [0.717, 1.165) is 17.5 Å². The predicted octanol–water partition coefficient (Wildman–Crippen LogP) is 4.80. The third-order valence-electron chi connectivity index (χ3n) is 5.45. The van der Waals surface area contributed by atoms with Gasteiger partial charge in [-0.3, -0.25) is 9.78 Å². The normalized spacial score (nSPS) is 10.9. The Balaban J connectivity index is 1.32. The van der Waals surface area contributed by atoms with Crippen LogP contribution in [0.1, 0.15) is 21.5 Å². The maximum Gasteiger partial charge on any atom is 0.255 e. The molecule has 0 fully saturated rings. The van der Waals surface area contributed by atoms with E-state index >= 15 is 0 Å². The maximum atomic E-state index is 13.0. The highest BCUT2D eigenvalue weighted by Gasteiger charge is 2.15. The molecule has 0 aliphatic heterocycles. The summed E-state index contributed by atoms with van der Waals surface area (Å²) in [6, 6.07) is 19.2. The van der Waals surface area contributed by atoms with E-state index in [9.17, 15) is 4.79 Å². The number of pyridine rings is 2. The van der Waals surface area contributed by atoms with Crippen molar-refractivity contribution in [1.29, 1.82) is 0 Å². The summed E-state index contributed by atoms with van der Waals surface area (Å²) in [7, 11) is 0. The fourth-order valence-corrected chi connectivity index (χ4v) is 3.77. The van der Waals surface area contributed by atoms with Crippen LogP contribution in [0, 0.1) is 0 Å². The third kappa shape index (κ3) is 4.62. The number of nitrogens with one attached hydrogen (secondary N) is 3. The Morgan fingerprint density at radius 1 is 1.03 bits per heavy atom. The minimum absolute atomic E-state index is 0.179. The highest BCUT2D eigenvalue weighted by atomic mass is 16.3. The lowest BCUT2D eigenvalue weighted by molar-refractivity contribution is 0.0954. The van der Waals surface area contributed by atoms with Crippen molar-refractivity contribution in [2.45, 2.75) is 13.0 Å². The number of hydrogen-bond donors (Lipinski definition) is 3. The van der Waals surface area contributed by atoms with Gasteiger partial charge in [-0.1, -0.05) is 24.3 Å². The van der Waals surface area contributed by atoms with Crippen LogP contribution in [-0.2, 0) is 13.0 Å². The molecule has 0 bridgehead atoms. The topological polar surface area (TPSA) is 95.8 Å². The lowest BCUT2D eigenvalue weighted by Crippen LogP contribution is -2.27. The van der Waals surface area contributed by atoms with Gasteiger partial charge in [-0.25, -0.2) is 4.98 Å². The zero-order chi connectivity index (χ0) is 22.5. The average molecular weight is 438 g/mol. The molecule has 5 aromatic rings. The molecule has 0 saturated carbocycles. The molecule has 0 aliphatic carbocycles. The highest BCUT2D eigenvalue weighted by molar-refractivity contribution is 5.99. The number of carbonyl (C=O) groups is 1. The monoisotopic (exact) mass is 437 g/mol. The summed E-state index contributed by atoms with van der Waals surface area (Å²) >= 11 is 0. The molecule has 164 valence electrons. The minimum Gasteiger partial charge on any atom is -0.463 e. The van der Waals surface area contributed by atoms with Crippen molar-refractivity contribution in [2.24, 2.45) is 0 Å². The van der Waals surface area contributed by atoms with E-state index in [1.54, 1.807) is 30.8 Å². The Morgan fingerprint density at radius 2 is 1.97 bits per heavy atom. The van der Waals surface area contributed by atoms with Crippen LogP contribution in [0.2, 0.25) is 0 Å². The quantitative estimate of drug-likeness (QED) is 0.324. The number of aromatic nitrogens is 3. The average Bonchev–Trinajstić information content (AvgIpc) is 3.54. The molecule has 0 atom stereocenters. The summed E-state index contributed by atoms with van der Waals surface area (Å²) in [4.78, 5) is 25.1. The van der Waals surface area contributed by atoms with Gasteiger partial charge in [-0.2, -0.15) is 0 Å². The molecule has 7 nitrogen and oxygen atoms in total. The first-order valence-electron chi connectivity index (χ1n) is 10.8. The number of aromatic amines is 1. The molecule has 0 saturated heterocycles. The summed E-state index contributed by atoms with van der Waals surface area (Å²) in [5, 5.41) is 7.48. The van der Waals surface area contributed by atoms with E-state index in [1.165, 1.54) is 10.9 Å². The number of fused-ring (bicyclic) bond motifs is 1. The molecule has 0 aliphatic rings. The van der Waals surface area contributed by atoms with E-state index < -0.39 is 0 Å². The molecule has 0 spiro atoms. The first-order valence-corrected chi connectivity index (χ1v) is 10.8. The zero-order valence-electron chi connectivity index (χ0n) is 17.9. The Morgan fingerprint density at radius 3 is 2.82 bits per heavy atom. The van der Waals surface area contributed by atoms with Crippen LogP contribution >= 0.6 is 0 Å². The fourth-order valence-electron chi connectivity index (χ4n) is 3.77. The second-order valence-electron chi connectivity index (χ2n) is 7.65. The number of hydrogen-bond acceptors (Lipinski definition) is 5. The van der Waals surface area contributed by atoms with Crippen LogP contribution in [0.4, 0.5) is 5.82 Å². The molecule has 4 aromatic heterocycles. The van der Waals surface area contributed by atoms with Gasteiger partial charge in [0.2, 0.25) is 0 Å². The van der Waals surface area contributed by atoms with Crippen molar-refractivity contribution in [3.05, 3.63) is 102 Å². The number of amides is 1. The first-order chi connectivity index (χ1) is 16.3. The van der Waals surface area contributed by atoms with Crippen LogP contribution in [0.5, 0.6) is 0 Å².